The molecule has 0 amide bonds. The molecule has 11 rings (SSSR count). The molecule has 60 heavy (non-hydrogen) atoms. The second-order valence-corrected chi connectivity index (χ2v) is 15.1. The van der Waals surface area contributed by atoms with Gasteiger partial charge in [0.15, 0.2) is 17.5 Å². The predicted molar refractivity (Wildman–Crippen MR) is 250 cm³/mol. The maximum absolute atomic E-state index is 5.21. The van der Waals surface area contributed by atoms with Crippen molar-refractivity contribution in [1.82, 2.24) is 15.0 Å². The van der Waals surface area contributed by atoms with Gasteiger partial charge in [-0.2, -0.15) is 0 Å². The van der Waals surface area contributed by atoms with Gasteiger partial charge in [-0.25, -0.2) is 15.0 Å². The van der Waals surface area contributed by atoms with Crippen LogP contribution in [0.25, 0.3) is 111 Å². The molecule has 11 aromatic rings. The first-order chi connectivity index (χ1) is 29.8. The standard InChI is InChI=1S/C57H37N3/c1-5-17-38(18-6-1)39-29-31-43(32-30-39)56-58-55(42-23-11-4-12-24-42)59-57(60-56)44-33-34-51-52(37-44)53(41-21-9-3-10-22-41)48-27-15-16-28-49(48)54(51)50-36-35-45(40-19-7-2-8-20-40)46-25-13-14-26-47(46)50/h1-37H. The lowest BCUT2D eigenvalue weighted by Gasteiger charge is -2.20. The predicted octanol–water partition coefficient (Wildman–Crippen LogP) is 15.0. The highest BCUT2D eigenvalue weighted by Gasteiger charge is 2.21. The molecular formula is C57H37N3. The van der Waals surface area contributed by atoms with Crippen LogP contribution < -0.4 is 0 Å². The Morgan fingerprint density at radius 1 is 0.200 bits per heavy atom. The molecule has 0 aliphatic rings. The molecule has 0 atom stereocenters. The van der Waals surface area contributed by atoms with E-state index in [0.29, 0.717) is 17.5 Å². The van der Waals surface area contributed by atoms with Crippen LogP contribution in [-0.4, -0.2) is 15.0 Å². The van der Waals surface area contributed by atoms with E-state index in [4.69, 9.17) is 15.0 Å². The van der Waals surface area contributed by atoms with E-state index in [-0.39, 0.29) is 0 Å². The highest BCUT2D eigenvalue weighted by Crippen LogP contribution is 2.47. The van der Waals surface area contributed by atoms with E-state index in [9.17, 15) is 0 Å². The second-order valence-electron chi connectivity index (χ2n) is 15.1. The third-order valence-corrected chi connectivity index (χ3v) is 11.5. The molecule has 0 radical (unpaired) electrons. The maximum Gasteiger partial charge on any atom is 0.164 e. The van der Waals surface area contributed by atoms with Gasteiger partial charge in [0.05, 0.1) is 0 Å². The van der Waals surface area contributed by atoms with Gasteiger partial charge in [-0.1, -0.05) is 218 Å². The van der Waals surface area contributed by atoms with Gasteiger partial charge in [-0.3, -0.25) is 0 Å². The largest absolute Gasteiger partial charge is 0.208 e. The molecule has 3 nitrogen and oxygen atoms in total. The maximum atomic E-state index is 5.21. The zero-order valence-corrected chi connectivity index (χ0v) is 32.7. The Balaban J connectivity index is 1.16. The molecule has 0 unspecified atom stereocenters. The van der Waals surface area contributed by atoms with Crippen molar-refractivity contribution in [1.29, 1.82) is 0 Å². The van der Waals surface area contributed by atoms with Gasteiger partial charge < -0.3 is 0 Å². The Hall–Kier alpha value is -8.01. The molecule has 0 aliphatic carbocycles. The summed E-state index contributed by atoms with van der Waals surface area (Å²) in [5, 5.41) is 7.16. The molecule has 0 bridgehead atoms. The minimum atomic E-state index is 0.624. The van der Waals surface area contributed by atoms with Gasteiger partial charge in [0.1, 0.15) is 0 Å². The number of aromatic nitrogens is 3. The molecule has 0 saturated carbocycles. The first-order valence-electron chi connectivity index (χ1n) is 20.4. The lowest BCUT2D eigenvalue weighted by atomic mass is 9.83. The molecule has 0 fully saturated rings. The highest BCUT2D eigenvalue weighted by molar-refractivity contribution is 6.24. The SMILES string of the molecule is c1ccc(-c2ccc(-c3nc(-c4ccccc4)nc(-c4ccc5c(-c6ccc(-c7ccccc7)c7ccccc67)c6ccccc6c(-c6ccccc6)c5c4)n3)cc2)cc1. The summed E-state index contributed by atoms with van der Waals surface area (Å²) in [7, 11) is 0. The van der Waals surface area contributed by atoms with Crippen molar-refractivity contribution in [3.8, 4) is 78.7 Å². The normalized spacial score (nSPS) is 11.3. The van der Waals surface area contributed by atoms with E-state index in [0.717, 1.165) is 33.2 Å². The van der Waals surface area contributed by atoms with Crippen LogP contribution in [0, 0.1) is 0 Å². The fourth-order valence-electron chi connectivity index (χ4n) is 8.70. The summed E-state index contributed by atoms with van der Waals surface area (Å²) >= 11 is 0. The molecule has 1 aromatic heterocycles. The van der Waals surface area contributed by atoms with Crippen molar-refractivity contribution in [2.45, 2.75) is 0 Å². The summed E-state index contributed by atoms with van der Waals surface area (Å²) in [6, 6.07) is 79.6. The van der Waals surface area contributed by atoms with Crippen LogP contribution >= 0.6 is 0 Å². The topological polar surface area (TPSA) is 38.7 Å². The van der Waals surface area contributed by atoms with Crippen molar-refractivity contribution < 1.29 is 0 Å². The summed E-state index contributed by atoms with van der Waals surface area (Å²) in [6.07, 6.45) is 0. The van der Waals surface area contributed by atoms with E-state index < -0.39 is 0 Å². The molecule has 0 saturated heterocycles. The van der Waals surface area contributed by atoms with Gasteiger partial charge in [0.25, 0.3) is 0 Å². The zero-order valence-electron chi connectivity index (χ0n) is 32.7. The monoisotopic (exact) mass is 763 g/mol. The number of hydrogen-bond acceptors (Lipinski definition) is 3. The van der Waals surface area contributed by atoms with Crippen LogP contribution in [0.4, 0.5) is 0 Å². The van der Waals surface area contributed by atoms with Crippen LogP contribution in [0.1, 0.15) is 0 Å². The Morgan fingerprint density at radius 2 is 0.567 bits per heavy atom. The Morgan fingerprint density at radius 3 is 1.17 bits per heavy atom. The molecule has 280 valence electrons. The van der Waals surface area contributed by atoms with Gasteiger partial charge in [-0.15, -0.1) is 0 Å². The fraction of sp³-hybridized carbons (Fsp3) is 0. The summed E-state index contributed by atoms with van der Waals surface area (Å²) in [5.74, 6) is 1.89. The van der Waals surface area contributed by atoms with Gasteiger partial charge in [0, 0.05) is 16.7 Å². The van der Waals surface area contributed by atoms with Gasteiger partial charge in [0.2, 0.25) is 0 Å². The third-order valence-electron chi connectivity index (χ3n) is 11.5. The summed E-state index contributed by atoms with van der Waals surface area (Å²) in [5.41, 5.74) is 12.3. The van der Waals surface area contributed by atoms with Crippen LogP contribution in [0.3, 0.4) is 0 Å². The van der Waals surface area contributed by atoms with Crippen LogP contribution in [0.5, 0.6) is 0 Å². The summed E-state index contributed by atoms with van der Waals surface area (Å²) in [4.78, 5) is 15.4. The minimum absolute atomic E-state index is 0.624. The Labute approximate surface area is 349 Å². The lowest BCUT2D eigenvalue weighted by molar-refractivity contribution is 1.07. The highest BCUT2D eigenvalue weighted by atomic mass is 15.0. The van der Waals surface area contributed by atoms with E-state index in [1.807, 2.05) is 24.3 Å². The van der Waals surface area contributed by atoms with Crippen LogP contribution in [-0.2, 0) is 0 Å². The van der Waals surface area contributed by atoms with Crippen LogP contribution in [0.2, 0.25) is 0 Å². The molecule has 0 aliphatic heterocycles. The molecule has 0 N–H and O–H groups in total. The van der Waals surface area contributed by atoms with Gasteiger partial charge in [-0.05, 0) is 82.9 Å². The summed E-state index contributed by atoms with van der Waals surface area (Å²) in [6.45, 7) is 0. The first kappa shape index (κ1) is 35.2. The van der Waals surface area contributed by atoms with Crippen LogP contribution in [0.15, 0.2) is 224 Å². The third kappa shape index (κ3) is 6.30. The van der Waals surface area contributed by atoms with Crippen molar-refractivity contribution in [2.75, 3.05) is 0 Å². The van der Waals surface area contributed by atoms with Crippen molar-refractivity contribution >= 4 is 32.3 Å². The number of hydrogen-bond donors (Lipinski definition) is 0. The smallest absolute Gasteiger partial charge is 0.164 e. The zero-order chi connectivity index (χ0) is 39.8. The van der Waals surface area contributed by atoms with E-state index in [1.54, 1.807) is 0 Å². The number of fused-ring (bicyclic) bond motifs is 3. The number of benzene rings is 10. The van der Waals surface area contributed by atoms with E-state index in [2.05, 4.69) is 200 Å². The Bertz CT molecular complexity index is 3330. The number of rotatable bonds is 7. The van der Waals surface area contributed by atoms with E-state index in [1.165, 1.54) is 60.3 Å². The average Bonchev–Trinajstić information content (AvgIpc) is 3.34. The molecule has 0 spiro atoms. The molecule has 3 heteroatoms. The summed E-state index contributed by atoms with van der Waals surface area (Å²) < 4.78 is 0. The van der Waals surface area contributed by atoms with E-state index >= 15 is 0 Å². The number of nitrogens with zero attached hydrogens (tertiary/aromatic N) is 3. The molecule has 1 heterocycles. The quantitative estimate of drug-likeness (QED) is 0.152. The van der Waals surface area contributed by atoms with Crippen molar-refractivity contribution in [2.24, 2.45) is 0 Å². The lowest BCUT2D eigenvalue weighted by Crippen LogP contribution is -2.00. The molecule has 10 aromatic carbocycles. The minimum Gasteiger partial charge on any atom is -0.208 e. The van der Waals surface area contributed by atoms with Crippen molar-refractivity contribution in [3.05, 3.63) is 224 Å². The van der Waals surface area contributed by atoms with Gasteiger partial charge >= 0.3 is 0 Å². The first-order valence-corrected chi connectivity index (χ1v) is 20.4. The fourth-order valence-corrected chi connectivity index (χ4v) is 8.70. The second kappa shape index (κ2) is 15.1. The Kier molecular flexibility index (Phi) is 8.83. The molecular weight excluding hydrogens is 727 g/mol. The average molecular weight is 764 g/mol. The van der Waals surface area contributed by atoms with Crippen molar-refractivity contribution in [3.63, 3.8) is 0 Å².